The second-order valence-electron chi connectivity index (χ2n) is 3.55. The number of anilines is 1. The summed E-state index contributed by atoms with van der Waals surface area (Å²) in [5.74, 6) is 0. The second kappa shape index (κ2) is 5.73. The summed E-state index contributed by atoms with van der Waals surface area (Å²) in [4.78, 5) is 2.27. The molecule has 1 atom stereocenters. The van der Waals surface area contributed by atoms with Crippen LogP contribution in [0.3, 0.4) is 0 Å². The standard InChI is InChI=1S/C12H20N2O/c1-3-14(4-2)11-7-5-10(6-8-11)12(13)9-15/h5-8,12,15H,3-4,9,13H2,1-2H3/t12-/m1/s1. The highest BCUT2D eigenvalue weighted by Crippen LogP contribution is 2.17. The zero-order valence-corrected chi connectivity index (χ0v) is 9.48. The molecule has 0 aliphatic carbocycles. The number of hydrogen-bond donors (Lipinski definition) is 2. The Morgan fingerprint density at radius 3 is 2.13 bits per heavy atom. The van der Waals surface area contributed by atoms with E-state index in [1.165, 1.54) is 5.69 Å². The zero-order valence-electron chi connectivity index (χ0n) is 9.48. The summed E-state index contributed by atoms with van der Waals surface area (Å²) in [5.41, 5.74) is 7.90. The predicted octanol–water partition coefficient (Wildman–Crippen LogP) is 1.52. The third kappa shape index (κ3) is 2.94. The van der Waals surface area contributed by atoms with Crippen molar-refractivity contribution in [1.82, 2.24) is 0 Å². The van der Waals surface area contributed by atoms with Crippen LogP contribution in [0, 0.1) is 0 Å². The number of aliphatic hydroxyl groups excluding tert-OH is 1. The smallest absolute Gasteiger partial charge is 0.0624 e. The first kappa shape index (κ1) is 12.0. The SMILES string of the molecule is CCN(CC)c1ccc([C@H](N)CO)cc1. The van der Waals surface area contributed by atoms with Gasteiger partial charge in [-0.25, -0.2) is 0 Å². The lowest BCUT2D eigenvalue weighted by Gasteiger charge is -2.21. The molecule has 0 heterocycles. The molecular formula is C12H20N2O. The van der Waals surface area contributed by atoms with Crippen molar-refractivity contribution < 1.29 is 5.11 Å². The van der Waals surface area contributed by atoms with Crippen LogP contribution in [0.4, 0.5) is 5.69 Å². The van der Waals surface area contributed by atoms with Gasteiger partial charge in [-0.3, -0.25) is 0 Å². The maximum absolute atomic E-state index is 8.92. The van der Waals surface area contributed by atoms with E-state index in [1.54, 1.807) is 0 Å². The molecule has 15 heavy (non-hydrogen) atoms. The summed E-state index contributed by atoms with van der Waals surface area (Å²) in [5, 5.41) is 8.92. The first-order valence-electron chi connectivity index (χ1n) is 5.44. The monoisotopic (exact) mass is 208 g/mol. The number of nitrogens with two attached hydrogens (primary N) is 1. The van der Waals surface area contributed by atoms with Gasteiger partial charge in [0.25, 0.3) is 0 Å². The minimum atomic E-state index is -0.268. The van der Waals surface area contributed by atoms with Gasteiger partial charge in [0.1, 0.15) is 0 Å². The number of hydrogen-bond acceptors (Lipinski definition) is 3. The highest BCUT2D eigenvalue weighted by atomic mass is 16.3. The normalized spacial score (nSPS) is 12.5. The predicted molar refractivity (Wildman–Crippen MR) is 64.0 cm³/mol. The van der Waals surface area contributed by atoms with Crippen molar-refractivity contribution in [3.8, 4) is 0 Å². The fraction of sp³-hybridized carbons (Fsp3) is 0.500. The van der Waals surface area contributed by atoms with E-state index in [-0.39, 0.29) is 12.6 Å². The molecule has 0 saturated carbocycles. The largest absolute Gasteiger partial charge is 0.394 e. The summed E-state index contributed by atoms with van der Waals surface area (Å²) in [6.45, 7) is 6.27. The Morgan fingerprint density at radius 1 is 1.20 bits per heavy atom. The second-order valence-corrected chi connectivity index (χ2v) is 3.55. The minimum Gasteiger partial charge on any atom is -0.394 e. The maximum atomic E-state index is 8.92. The minimum absolute atomic E-state index is 0.00931. The average molecular weight is 208 g/mol. The van der Waals surface area contributed by atoms with Gasteiger partial charge < -0.3 is 15.7 Å². The molecular weight excluding hydrogens is 188 g/mol. The molecule has 84 valence electrons. The van der Waals surface area contributed by atoms with Crippen molar-refractivity contribution in [1.29, 1.82) is 0 Å². The van der Waals surface area contributed by atoms with E-state index in [1.807, 2.05) is 12.1 Å². The number of benzene rings is 1. The molecule has 0 saturated heterocycles. The van der Waals surface area contributed by atoms with E-state index in [4.69, 9.17) is 10.8 Å². The van der Waals surface area contributed by atoms with Crippen molar-refractivity contribution in [3.63, 3.8) is 0 Å². The first-order valence-corrected chi connectivity index (χ1v) is 5.44. The molecule has 0 bridgehead atoms. The Balaban J connectivity index is 2.79. The molecule has 1 aromatic rings. The molecule has 0 unspecified atom stereocenters. The molecule has 3 nitrogen and oxygen atoms in total. The van der Waals surface area contributed by atoms with Gasteiger partial charge in [0.2, 0.25) is 0 Å². The number of rotatable bonds is 5. The zero-order chi connectivity index (χ0) is 11.3. The Labute approximate surface area is 91.5 Å². The molecule has 1 aromatic carbocycles. The highest BCUT2D eigenvalue weighted by molar-refractivity contribution is 5.47. The van der Waals surface area contributed by atoms with Crippen molar-refractivity contribution in [2.24, 2.45) is 5.73 Å². The lowest BCUT2D eigenvalue weighted by atomic mass is 10.1. The van der Waals surface area contributed by atoms with E-state index in [0.717, 1.165) is 18.7 Å². The summed E-state index contributed by atoms with van der Waals surface area (Å²) >= 11 is 0. The molecule has 0 aliphatic rings. The van der Waals surface area contributed by atoms with Gasteiger partial charge in [-0.05, 0) is 31.5 Å². The Kier molecular flexibility index (Phi) is 4.59. The molecule has 0 amide bonds. The fourth-order valence-corrected chi connectivity index (χ4v) is 1.63. The van der Waals surface area contributed by atoms with Gasteiger partial charge in [-0.15, -0.1) is 0 Å². The van der Waals surface area contributed by atoms with Crippen LogP contribution in [0.15, 0.2) is 24.3 Å². The Hall–Kier alpha value is -1.06. The van der Waals surface area contributed by atoms with Crippen LogP contribution in [0.1, 0.15) is 25.5 Å². The lowest BCUT2D eigenvalue weighted by molar-refractivity contribution is 0.268. The van der Waals surface area contributed by atoms with Crippen molar-refractivity contribution in [2.45, 2.75) is 19.9 Å². The molecule has 0 aromatic heterocycles. The van der Waals surface area contributed by atoms with Crippen LogP contribution in [-0.4, -0.2) is 24.8 Å². The van der Waals surface area contributed by atoms with Crippen LogP contribution in [-0.2, 0) is 0 Å². The summed E-state index contributed by atoms with van der Waals surface area (Å²) in [6, 6.07) is 7.80. The lowest BCUT2D eigenvalue weighted by Crippen LogP contribution is -2.22. The summed E-state index contributed by atoms with van der Waals surface area (Å²) in [7, 11) is 0. The van der Waals surface area contributed by atoms with Crippen molar-refractivity contribution in [3.05, 3.63) is 29.8 Å². The number of nitrogens with zero attached hydrogens (tertiary/aromatic N) is 1. The quantitative estimate of drug-likeness (QED) is 0.771. The molecule has 3 N–H and O–H groups in total. The van der Waals surface area contributed by atoms with Gasteiger partial charge in [0, 0.05) is 18.8 Å². The van der Waals surface area contributed by atoms with Crippen LogP contribution >= 0.6 is 0 Å². The van der Waals surface area contributed by atoms with E-state index in [9.17, 15) is 0 Å². The summed E-state index contributed by atoms with van der Waals surface area (Å²) in [6.07, 6.45) is 0. The third-order valence-electron chi connectivity index (χ3n) is 2.65. The highest BCUT2D eigenvalue weighted by Gasteiger charge is 2.05. The topological polar surface area (TPSA) is 49.5 Å². The van der Waals surface area contributed by atoms with Crippen LogP contribution in [0.2, 0.25) is 0 Å². The van der Waals surface area contributed by atoms with Crippen molar-refractivity contribution in [2.75, 3.05) is 24.6 Å². The van der Waals surface area contributed by atoms with E-state index < -0.39 is 0 Å². The molecule has 0 spiro atoms. The van der Waals surface area contributed by atoms with Crippen LogP contribution in [0.25, 0.3) is 0 Å². The fourth-order valence-electron chi connectivity index (χ4n) is 1.63. The van der Waals surface area contributed by atoms with E-state index >= 15 is 0 Å². The van der Waals surface area contributed by atoms with Gasteiger partial charge in [-0.2, -0.15) is 0 Å². The molecule has 0 aliphatic heterocycles. The van der Waals surface area contributed by atoms with Crippen molar-refractivity contribution >= 4 is 5.69 Å². The van der Waals surface area contributed by atoms with Gasteiger partial charge in [0.05, 0.1) is 12.6 Å². The molecule has 0 radical (unpaired) electrons. The van der Waals surface area contributed by atoms with E-state index in [0.29, 0.717) is 0 Å². The molecule has 3 heteroatoms. The maximum Gasteiger partial charge on any atom is 0.0624 e. The number of aliphatic hydroxyl groups is 1. The molecule has 1 rings (SSSR count). The van der Waals surface area contributed by atoms with Crippen LogP contribution in [0.5, 0.6) is 0 Å². The Bertz CT molecular complexity index is 280. The van der Waals surface area contributed by atoms with E-state index in [2.05, 4.69) is 30.9 Å². The summed E-state index contributed by atoms with van der Waals surface area (Å²) < 4.78 is 0. The average Bonchev–Trinajstić information content (AvgIpc) is 2.30. The van der Waals surface area contributed by atoms with Gasteiger partial charge in [-0.1, -0.05) is 12.1 Å². The van der Waals surface area contributed by atoms with Gasteiger partial charge >= 0.3 is 0 Å². The molecule has 0 fully saturated rings. The first-order chi connectivity index (χ1) is 7.22. The van der Waals surface area contributed by atoms with Crippen LogP contribution < -0.4 is 10.6 Å². The van der Waals surface area contributed by atoms with Gasteiger partial charge in [0.15, 0.2) is 0 Å². The Morgan fingerprint density at radius 2 is 1.73 bits per heavy atom. The third-order valence-corrected chi connectivity index (χ3v) is 2.65.